The molecule has 0 aromatic carbocycles. The maximum Gasteiger partial charge on any atom is 0.0388 e. The highest BCUT2D eigenvalue weighted by molar-refractivity contribution is 7.10. The van der Waals surface area contributed by atoms with Gasteiger partial charge < -0.3 is 5.32 Å². The molecule has 92 valence electrons. The lowest BCUT2D eigenvalue weighted by Crippen LogP contribution is -2.31. The van der Waals surface area contributed by atoms with Gasteiger partial charge >= 0.3 is 0 Å². The van der Waals surface area contributed by atoms with Crippen LogP contribution in [0, 0.1) is 18.3 Å². The smallest absolute Gasteiger partial charge is 0.0388 e. The maximum atomic E-state index is 3.64. The first-order valence-electron chi connectivity index (χ1n) is 6.09. The zero-order valence-electron chi connectivity index (χ0n) is 11.4. The van der Waals surface area contributed by atoms with E-state index in [0.29, 0.717) is 17.4 Å². The zero-order valence-corrected chi connectivity index (χ0v) is 12.2. The summed E-state index contributed by atoms with van der Waals surface area (Å²) >= 11 is 1.85. The molecule has 16 heavy (non-hydrogen) atoms. The standard InChI is InChI=1S/C14H25NS/c1-10-7-8-16-13(10)12(3)15-9-11(2)14(4,5)6/h7-8,11-12,15H,9H2,1-6H3. The van der Waals surface area contributed by atoms with Crippen LogP contribution in [0.15, 0.2) is 11.4 Å². The van der Waals surface area contributed by atoms with E-state index in [1.165, 1.54) is 10.4 Å². The molecular formula is C14H25NS. The first-order valence-corrected chi connectivity index (χ1v) is 6.97. The summed E-state index contributed by atoms with van der Waals surface area (Å²) in [7, 11) is 0. The molecule has 0 saturated carbocycles. The Morgan fingerprint density at radius 1 is 1.31 bits per heavy atom. The molecule has 2 unspecified atom stereocenters. The number of hydrogen-bond donors (Lipinski definition) is 1. The molecule has 0 bridgehead atoms. The average Bonchev–Trinajstić information content (AvgIpc) is 2.58. The van der Waals surface area contributed by atoms with Crippen molar-refractivity contribution >= 4 is 11.3 Å². The highest BCUT2D eigenvalue weighted by Gasteiger charge is 2.20. The summed E-state index contributed by atoms with van der Waals surface area (Å²) in [5, 5.41) is 5.82. The van der Waals surface area contributed by atoms with Crippen molar-refractivity contribution in [1.29, 1.82) is 0 Å². The van der Waals surface area contributed by atoms with Crippen LogP contribution in [0.4, 0.5) is 0 Å². The Hall–Kier alpha value is -0.340. The van der Waals surface area contributed by atoms with E-state index < -0.39 is 0 Å². The van der Waals surface area contributed by atoms with E-state index in [1.807, 2.05) is 11.3 Å². The van der Waals surface area contributed by atoms with Crippen molar-refractivity contribution in [2.24, 2.45) is 11.3 Å². The fourth-order valence-corrected chi connectivity index (χ4v) is 2.54. The van der Waals surface area contributed by atoms with E-state index in [0.717, 1.165) is 6.54 Å². The van der Waals surface area contributed by atoms with Crippen LogP contribution in [0.25, 0.3) is 0 Å². The van der Waals surface area contributed by atoms with Gasteiger partial charge in [-0.2, -0.15) is 0 Å². The second-order valence-electron chi connectivity index (χ2n) is 5.86. The number of nitrogens with one attached hydrogen (secondary N) is 1. The maximum absolute atomic E-state index is 3.64. The van der Waals surface area contributed by atoms with Gasteiger partial charge in [0.2, 0.25) is 0 Å². The Labute approximate surface area is 104 Å². The van der Waals surface area contributed by atoms with Crippen molar-refractivity contribution < 1.29 is 0 Å². The highest BCUT2D eigenvalue weighted by atomic mass is 32.1. The summed E-state index contributed by atoms with van der Waals surface area (Å²) in [5.74, 6) is 0.690. The average molecular weight is 239 g/mol. The van der Waals surface area contributed by atoms with Crippen LogP contribution in [0.5, 0.6) is 0 Å². The highest BCUT2D eigenvalue weighted by Crippen LogP contribution is 2.27. The summed E-state index contributed by atoms with van der Waals surface area (Å²) in [6.07, 6.45) is 0. The molecule has 0 aliphatic rings. The fraction of sp³-hybridized carbons (Fsp3) is 0.714. The molecule has 0 fully saturated rings. The summed E-state index contributed by atoms with van der Waals surface area (Å²) in [5.41, 5.74) is 1.80. The fourth-order valence-electron chi connectivity index (χ4n) is 1.58. The zero-order chi connectivity index (χ0) is 12.3. The van der Waals surface area contributed by atoms with Crippen LogP contribution < -0.4 is 5.32 Å². The molecule has 2 heteroatoms. The van der Waals surface area contributed by atoms with Crippen LogP contribution in [0.2, 0.25) is 0 Å². The van der Waals surface area contributed by atoms with Crippen LogP contribution >= 0.6 is 11.3 Å². The largest absolute Gasteiger partial charge is 0.309 e. The summed E-state index contributed by atoms with van der Waals surface area (Å²) in [6, 6.07) is 2.68. The van der Waals surface area contributed by atoms with Gasteiger partial charge in [0, 0.05) is 10.9 Å². The quantitative estimate of drug-likeness (QED) is 0.821. The first-order chi connectivity index (χ1) is 7.32. The van der Waals surface area contributed by atoms with E-state index in [-0.39, 0.29) is 0 Å². The molecule has 1 aromatic rings. The van der Waals surface area contributed by atoms with Gasteiger partial charge in [-0.15, -0.1) is 11.3 Å². The summed E-state index contributed by atoms with van der Waals surface area (Å²) < 4.78 is 0. The predicted octanol–water partition coefficient (Wildman–Crippen LogP) is 4.39. The number of hydrogen-bond acceptors (Lipinski definition) is 2. The van der Waals surface area contributed by atoms with Crippen LogP contribution in [-0.4, -0.2) is 6.54 Å². The van der Waals surface area contributed by atoms with E-state index in [4.69, 9.17) is 0 Å². The second-order valence-corrected chi connectivity index (χ2v) is 6.81. The lowest BCUT2D eigenvalue weighted by Gasteiger charge is -2.28. The summed E-state index contributed by atoms with van der Waals surface area (Å²) in [4.78, 5) is 1.47. The van der Waals surface area contributed by atoms with Gasteiger partial charge in [0.15, 0.2) is 0 Å². The molecule has 2 atom stereocenters. The monoisotopic (exact) mass is 239 g/mol. The molecule has 1 nitrogen and oxygen atoms in total. The van der Waals surface area contributed by atoms with Gasteiger partial charge in [-0.25, -0.2) is 0 Å². The number of rotatable bonds is 4. The lowest BCUT2D eigenvalue weighted by molar-refractivity contribution is 0.247. The van der Waals surface area contributed by atoms with E-state index in [9.17, 15) is 0 Å². The molecule has 0 spiro atoms. The topological polar surface area (TPSA) is 12.0 Å². The normalized spacial score (nSPS) is 16.1. The Balaban J connectivity index is 2.48. The Morgan fingerprint density at radius 2 is 1.94 bits per heavy atom. The molecule has 0 saturated heterocycles. The first kappa shape index (κ1) is 13.7. The van der Waals surface area contributed by atoms with E-state index in [2.05, 4.69) is 58.3 Å². The molecule has 1 N–H and O–H groups in total. The van der Waals surface area contributed by atoms with Crippen molar-refractivity contribution in [3.8, 4) is 0 Å². The molecule has 1 heterocycles. The summed E-state index contributed by atoms with van der Waals surface area (Å²) in [6.45, 7) is 14.8. The van der Waals surface area contributed by atoms with E-state index >= 15 is 0 Å². The van der Waals surface area contributed by atoms with Crippen LogP contribution in [0.3, 0.4) is 0 Å². The van der Waals surface area contributed by atoms with Crippen molar-refractivity contribution in [2.75, 3.05) is 6.54 Å². The van der Waals surface area contributed by atoms with Crippen LogP contribution in [-0.2, 0) is 0 Å². The number of aryl methyl sites for hydroxylation is 1. The Bertz CT molecular complexity index is 322. The van der Waals surface area contributed by atoms with Gasteiger partial charge in [-0.1, -0.05) is 27.7 Å². The molecule has 1 aromatic heterocycles. The van der Waals surface area contributed by atoms with Gasteiger partial charge in [0.25, 0.3) is 0 Å². The Morgan fingerprint density at radius 3 is 2.38 bits per heavy atom. The minimum atomic E-state index is 0.386. The predicted molar refractivity (Wildman–Crippen MR) is 74.1 cm³/mol. The van der Waals surface area contributed by atoms with Gasteiger partial charge in [-0.05, 0) is 48.7 Å². The minimum Gasteiger partial charge on any atom is -0.309 e. The lowest BCUT2D eigenvalue weighted by atomic mass is 9.82. The third-order valence-electron chi connectivity index (χ3n) is 3.50. The molecular weight excluding hydrogens is 214 g/mol. The van der Waals surface area contributed by atoms with Crippen molar-refractivity contribution in [3.05, 3.63) is 21.9 Å². The number of thiophene rings is 1. The van der Waals surface area contributed by atoms with Gasteiger partial charge in [-0.3, -0.25) is 0 Å². The third kappa shape index (κ3) is 3.60. The van der Waals surface area contributed by atoms with Gasteiger partial charge in [0.05, 0.1) is 0 Å². The molecule has 0 amide bonds. The Kier molecular flexibility index (Phi) is 4.57. The van der Waals surface area contributed by atoms with Crippen molar-refractivity contribution in [2.45, 2.75) is 47.6 Å². The van der Waals surface area contributed by atoms with Crippen LogP contribution in [0.1, 0.15) is 51.1 Å². The van der Waals surface area contributed by atoms with E-state index in [1.54, 1.807) is 0 Å². The molecule has 0 radical (unpaired) electrons. The third-order valence-corrected chi connectivity index (χ3v) is 4.71. The van der Waals surface area contributed by atoms with Crippen molar-refractivity contribution in [3.63, 3.8) is 0 Å². The van der Waals surface area contributed by atoms with Crippen molar-refractivity contribution in [1.82, 2.24) is 5.32 Å². The SMILES string of the molecule is Cc1ccsc1C(C)NCC(C)C(C)(C)C. The second kappa shape index (κ2) is 5.33. The minimum absolute atomic E-state index is 0.386. The molecule has 0 aliphatic heterocycles. The molecule has 1 rings (SSSR count). The van der Waals surface area contributed by atoms with Gasteiger partial charge in [0.1, 0.15) is 0 Å². The molecule has 0 aliphatic carbocycles.